The third-order valence-corrected chi connectivity index (χ3v) is 3.37. The van der Waals surface area contributed by atoms with Crippen LogP contribution in [-0.4, -0.2) is 42.6 Å². The molecule has 0 bridgehead atoms. The van der Waals surface area contributed by atoms with Gasteiger partial charge in [0.05, 0.1) is 12.7 Å². The van der Waals surface area contributed by atoms with Crippen molar-refractivity contribution in [1.29, 1.82) is 0 Å². The summed E-state index contributed by atoms with van der Waals surface area (Å²) in [6, 6.07) is 4.30. The summed E-state index contributed by atoms with van der Waals surface area (Å²) in [5.41, 5.74) is 6.78. The zero-order valence-corrected chi connectivity index (χ0v) is 11.2. The lowest BCUT2D eigenvalue weighted by atomic mass is 10.1. The van der Waals surface area contributed by atoms with E-state index < -0.39 is 0 Å². The zero-order valence-electron chi connectivity index (χ0n) is 11.2. The molecule has 2 atom stereocenters. The van der Waals surface area contributed by atoms with Crippen molar-refractivity contribution in [3.63, 3.8) is 0 Å². The molecule has 1 aliphatic heterocycles. The van der Waals surface area contributed by atoms with Crippen molar-refractivity contribution in [1.82, 2.24) is 4.90 Å². The molecule has 2 unspecified atom stereocenters. The van der Waals surface area contributed by atoms with Gasteiger partial charge in [-0.05, 0) is 37.6 Å². The molecule has 0 aromatic heterocycles. The highest BCUT2D eigenvalue weighted by atomic mass is 19.1. The molecule has 19 heavy (non-hydrogen) atoms. The fourth-order valence-corrected chi connectivity index (χ4v) is 2.14. The molecule has 4 nitrogen and oxygen atoms in total. The van der Waals surface area contributed by atoms with Gasteiger partial charge < -0.3 is 15.4 Å². The Morgan fingerprint density at radius 1 is 1.58 bits per heavy atom. The molecule has 1 aliphatic rings. The lowest BCUT2D eigenvalue weighted by Crippen LogP contribution is -2.51. The van der Waals surface area contributed by atoms with Crippen molar-refractivity contribution in [2.75, 3.05) is 19.7 Å². The predicted octanol–water partition coefficient (Wildman–Crippen LogP) is 1.32. The summed E-state index contributed by atoms with van der Waals surface area (Å²) in [6.07, 6.45) is -0.140. The Morgan fingerprint density at radius 3 is 2.95 bits per heavy atom. The number of halogens is 1. The van der Waals surface area contributed by atoms with Crippen molar-refractivity contribution < 1.29 is 13.9 Å². The number of morpholine rings is 1. The average Bonchev–Trinajstić information content (AvgIpc) is 2.41. The molecule has 0 aliphatic carbocycles. The Balaban J connectivity index is 2.12. The van der Waals surface area contributed by atoms with Crippen molar-refractivity contribution >= 4 is 5.91 Å². The van der Waals surface area contributed by atoms with E-state index in [4.69, 9.17) is 10.5 Å². The van der Waals surface area contributed by atoms with Gasteiger partial charge in [-0.25, -0.2) is 4.39 Å². The van der Waals surface area contributed by atoms with Gasteiger partial charge in [-0.3, -0.25) is 4.79 Å². The van der Waals surface area contributed by atoms with Gasteiger partial charge in [-0.15, -0.1) is 0 Å². The quantitative estimate of drug-likeness (QED) is 0.878. The minimum absolute atomic E-state index is 0.1000. The van der Waals surface area contributed by atoms with E-state index in [0.717, 1.165) is 0 Å². The van der Waals surface area contributed by atoms with E-state index in [1.165, 1.54) is 12.1 Å². The van der Waals surface area contributed by atoms with Crippen LogP contribution in [0.4, 0.5) is 4.39 Å². The number of hydrogen-bond donors (Lipinski definition) is 1. The molecule has 2 N–H and O–H groups in total. The first-order valence-corrected chi connectivity index (χ1v) is 6.41. The second-order valence-corrected chi connectivity index (χ2v) is 4.98. The molecular formula is C14H19FN2O2. The summed E-state index contributed by atoms with van der Waals surface area (Å²) in [6.45, 7) is 5.01. The minimum Gasteiger partial charge on any atom is -0.373 e. The first-order chi connectivity index (χ1) is 8.99. The van der Waals surface area contributed by atoms with E-state index in [1.807, 2.05) is 6.92 Å². The molecule has 0 radical (unpaired) electrons. The van der Waals surface area contributed by atoms with Gasteiger partial charge in [0, 0.05) is 24.7 Å². The lowest BCUT2D eigenvalue weighted by molar-refractivity contribution is -0.0300. The molecule has 1 aromatic rings. The summed E-state index contributed by atoms with van der Waals surface area (Å²) >= 11 is 0. The maximum absolute atomic E-state index is 13.2. The highest BCUT2D eigenvalue weighted by Crippen LogP contribution is 2.15. The summed E-state index contributed by atoms with van der Waals surface area (Å²) in [7, 11) is 0. The predicted molar refractivity (Wildman–Crippen MR) is 70.4 cm³/mol. The summed E-state index contributed by atoms with van der Waals surface area (Å²) in [4.78, 5) is 14.1. The number of benzene rings is 1. The van der Waals surface area contributed by atoms with Crippen LogP contribution in [0.1, 0.15) is 22.8 Å². The first kappa shape index (κ1) is 14.0. The van der Waals surface area contributed by atoms with Crippen molar-refractivity contribution in [2.45, 2.75) is 26.0 Å². The van der Waals surface area contributed by atoms with Crippen LogP contribution in [0.2, 0.25) is 0 Å². The maximum Gasteiger partial charge on any atom is 0.254 e. The Labute approximate surface area is 112 Å². The van der Waals surface area contributed by atoms with E-state index >= 15 is 0 Å². The van der Waals surface area contributed by atoms with Crippen LogP contribution < -0.4 is 5.73 Å². The van der Waals surface area contributed by atoms with E-state index in [0.29, 0.717) is 30.8 Å². The van der Waals surface area contributed by atoms with E-state index in [1.54, 1.807) is 17.9 Å². The molecule has 2 rings (SSSR count). The molecule has 1 aromatic carbocycles. The van der Waals surface area contributed by atoms with E-state index in [-0.39, 0.29) is 23.9 Å². The van der Waals surface area contributed by atoms with Gasteiger partial charge in [0.2, 0.25) is 0 Å². The molecule has 0 spiro atoms. The second-order valence-electron chi connectivity index (χ2n) is 4.98. The topological polar surface area (TPSA) is 55.6 Å². The van der Waals surface area contributed by atoms with Gasteiger partial charge in [-0.1, -0.05) is 0 Å². The van der Waals surface area contributed by atoms with Gasteiger partial charge in [0.25, 0.3) is 5.91 Å². The Hall–Kier alpha value is -1.46. The SMILES string of the molecule is Cc1cc(C(=O)N2CCOC(C(C)N)C2)ccc1F. The van der Waals surface area contributed by atoms with Crippen LogP contribution in [0.15, 0.2) is 18.2 Å². The number of hydrogen-bond acceptors (Lipinski definition) is 3. The third-order valence-electron chi connectivity index (χ3n) is 3.37. The third kappa shape index (κ3) is 3.11. The normalized spacial score (nSPS) is 21.3. The number of amides is 1. The molecule has 1 fully saturated rings. The van der Waals surface area contributed by atoms with E-state index in [9.17, 15) is 9.18 Å². The number of carbonyl (C=O) groups is 1. The molecule has 0 saturated carbocycles. The molecule has 1 saturated heterocycles. The number of aryl methyl sites for hydroxylation is 1. The zero-order chi connectivity index (χ0) is 14.0. The molecule has 104 valence electrons. The van der Waals surface area contributed by atoms with E-state index in [2.05, 4.69) is 0 Å². The number of rotatable bonds is 2. The highest BCUT2D eigenvalue weighted by molar-refractivity contribution is 5.94. The second kappa shape index (κ2) is 5.67. The Morgan fingerprint density at radius 2 is 2.32 bits per heavy atom. The van der Waals surface area contributed by atoms with Crippen molar-refractivity contribution in [3.05, 3.63) is 35.1 Å². The average molecular weight is 266 g/mol. The summed E-state index contributed by atoms with van der Waals surface area (Å²) < 4.78 is 18.7. The monoisotopic (exact) mass is 266 g/mol. The number of nitrogens with two attached hydrogens (primary N) is 1. The van der Waals surface area contributed by atoms with Crippen LogP contribution >= 0.6 is 0 Å². The minimum atomic E-state index is -0.299. The fraction of sp³-hybridized carbons (Fsp3) is 0.500. The summed E-state index contributed by atoms with van der Waals surface area (Å²) in [5.74, 6) is -0.399. The van der Waals surface area contributed by atoms with Crippen molar-refractivity contribution in [2.24, 2.45) is 5.73 Å². The highest BCUT2D eigenvalue weighted by Gasteiger charge is 2.27. The number of carbonyl (C=O) groups excluding carboxylic acids is 1. The Kier molecular flexibility index (Phi) is 4.17. The van der Waals surface area contributed by atoms with Gasteiger partial charge in [0.1, 0.15) is 5.82 Å². The van der Waals surface area contributed by atoms with Crippen LogP contribution in [0, 0.1) is 12.7 Å². The molecule has 1 amide bonds. The van der Waals surface area contributed by atoms with Crippen molar-refractivity contribution in [3.8, 4) is 0 Å². The lowest BCUT2D eigenvalue weighted by Gasteiger charge is -2.34. The van der Waals surface area contributed by atoms with Crippen LogP contribution in [0.3, 0.4) is 0 Å². The Bertz CT molecular complexity index is 477. The van der Waals surface area contributed by atoms with Crippen LogP contribution in [-0.2, 0) is 4.74 Å². The van der Waals surface area contributed by atoms with Gasteiger partial charge >= 0.3 is 0 Å². The van der Waals surface area contributed by atoms with Crippen LogP contribution in [0.25, 0.3) is 0 Å². The smallest absolute Gasteiger partial charge is 0.254 e. The fourth-order valence-electron chi connectivity index (χ4n) is 2.14. The first-order valence-electron chi connectivity index (χ1n) is 6.41. The number of ether oxygens (including phenoxy) is 1. The molecule has 1 heterocycles. The maximum atomic E-state index is 13.2. The number of nitrogens with zero attached hydrogens (tertiary/aromatic N) is 1. The standard InChI is InChI=1S/C14H19FN2O2/c1-9-7-11(3-4-12(9)15)14(18)17-5-6-19-13(8-17)10(2)16/h3-4,7,10,13H,5-6,8,16H2,1-2H3. The largest absolute Gasteiger partial charge is 0.373 e. The van der Waals surface area contributed by atoms with Gasteiger partial charge in [-0.2, -0.15) is 0 Å². The molecule has 5 heteroatoms. The summed E-state index contributed by atoms with van der Waals surface area (Å²) in [5, 5.41) is 0. The van der Waals surface area contributed by atoms with Crippen LogP contribution in [0.5, 0.6) is 0 Å². The van der Waals surface area contributed by atoms with Gasteiger partial charge in [0.15, 0.2) is 0 Å². The molecular weight excluding hydrogens is 247 g/mol.